The van der Waals surface area contributed by atoms with E-state index in [4.69, 9.17) is 5.11 Å². The van der Waals surface area contributed by atoms with E-state index in [0.717, 1.165) is 23.9 Å². The van der Waals surface area contributed by atoms with Crippen molar-refractivity contribution in [1.82, 2.24) is 5.32 Å². The maximum atomic E-state index is 12.9. The van der Waals surface area contributed by atoms with Gasteiger partial charge in [-0.15, -0.1) is 11.8 Å². The van der Waals surface area contributed by atoms with Crippen LogP contribution in [0.1, 0.15) is 12.0 Å². The van der Waals surface area contributed by atoms with Crippen LogP contribution in [0.4, 0.5) is 18.9 Å². The molecule has 1 aliphatic heterocycles. The predicted octanol–water partition coefficient (Wildman–Crippen LogP) is 1.72. The van der Waals surface area contributed by atoms with E-state index in [2.05, 4.69) is 10.6 Å². The van der Waals surface area contributed by atoms with Gasteiger partial charge in [0.2, 0.25) is 11.8 Å². The highest BCUT2D eigenvalue weighted by molar-refractivity contribution is 8.00. The topological polar surface area (TPSA) is 95.5 Å². The molecule has 10 heteroatoms. The number of para-hydroxylation sites is 1. The first-order valence-corrected chi connectivity index (χ1v) is 7.84. The molecule has 130 valence electrons. The Morgan fingerprint density at radius 3 is 2.58 bits per heavy atom. The number of benzene rings is 1. The summed E-state index contributed by atoms with van der Waals surface area (Å²) >= 11 is 0.980. The standard InChI is InChI=1S/C14H13F3N2O4S/c15-14(16,17)7-3-1-2-4-8(7)18-11(20)5-10-12(21)19-9(6-24-10)13(22)23/h1-4,9-10H,5-6H2,(H,18,20)(H,19,21)(H,22,23)/t9-,10-/m0/s1. The number of hydrogen-bond acceptors (Lipinski definition) is 4. The number of alkyl halides is 3. The zero-order valence-electron chi connectivity index (χ0n) is 12.1. The third kappa shape index (κ3) is 4.40. The third-order valence-corrected chi connectivity index (χ3v) is 4.56. The fraction of sp³-hybridized carbons (Fsp3) is 0.357. The van der Waals surface area contributed by atoms with Gasteiger partial charge in [0, 0.05) is 12.2 Å². The van der Waals surface area contributed by atoms with Gasteiger partial charge >= 0.3 is 12.1 Å². The van der Waals surface area contributed by atoms with E-state index in [1.807, 2.05) is 0 Å². The van der Waals surface area contributed by atoms with Crippen LogP contribution in [-0.4, -0.2) is 39.9 Å². The molecule has 1 heterocycles. The first-order chi connectivity index (χ1) is 11.2. The van der Waals surface area contributed by atoms with Gasteiger partial charge in [-0.1, -0.05) is 12.1 Å². The average Bonchev–Trinajstić information content (AvgIpc) is 2.48. The number of amides is 2. The number of aliphatic carboxylic acids is 1. The minimum Gasteiger partial charge on any atom is -0.480 e. The Hall–Kier alpha value is -2.23. The fourth-order valence-corrected chi connectivity index (χ4v) is 3.23. The number of thioether (sulfide) groups is 1. The van der Waals surface area contributed by atoms with E-state index < -0.39 is 40.8 Å². The van der Waals surface area contributed by atoms with Crippen LogP contribution in [0.15, 0.2) is 24.3 Å². The summed E-state index contributed by atoms with van der Waals surface area (Å²) in [5.41, 5.74) is -1.37. The Kier molecular flexibility index (Phi) is 5.37. The van der Waals surface area contributed by atoms with Gasteiger partial charge in [-0.3, -0.25) is 9.59 Å². The Morgan fingerprint density at radius 1 is 1.33 bits per heavy atom. The highest BCUT2D eigenvalue weighted by atomic mass is 32.2. The van der Waals surface area contributed by atoms with Gasteiger partial charge in [0.25, 0.3) is 0 Å². The van der Waals surface area contributed by atoms with Gasteiger partial charge in [0.1, 0.15) is 6.04 Å². The number of hydrogen-bond donors (Lipinski definition) is 3. The van der Waals surface area contributed by atoms with Crippen molar-refractivity contribution in [3.05, 3.63) is 29.8 Å². The lowest BCUT2D eigenvalue weighted by Gasteiger charge is -2.26. The summed E-state index contributed by atoms with van der Waals surface area (Å²) in [5.74, 6) is -2.48. The average molecular weight is 362 g/mol. The smallest absolute Gasteiger partial charge is 0.418 e. The maximum Gasteiger partial charge on any atom is 0.418 e. The lowest BCUT2D eigenvalue weighted by molar-refractivity contribution is -0.141. The van der Waals surface area contributed by atoms with Crippen molar-refractivity contribution in [3.63, 3.8) is 0 Å². The van der Waals surface area contributed by atoms with Crippen molar-refractivity contribution in [2.75, 3.05) is 11.1 Å². The molecule has 1 fully saturated rings. The van der Waals surface area contributed by atoms with Gasteiger partial charge in [-0.05, 0) is 12.1 Å². The summed E-state index contributed by atoms with van der Waals surface area (Å²) < 4.78 is 38.6. The first-order valence-electron chi connectivity index (χ1n) is 6.79. The van der Waals surface area contributed by atoms with Crippen molar-refractivity contribution >= 4 is 35.2 Å². The van der Waals surface area contributed by atoms with E-state index in [-0.39, 0.29) is 17.9 Å². The lowest BCUT2D eigenvalue weighted by atomic mass is 10.1. The summed E-state index contributed by atoms with van der Waals surface area (Å²) in [6.07, 6.45) is -4.97. The van der Waals surface area contributed by atoms with Crippen LogP contribution in [0.25, 0.3) is 0 Å². The van der Waals surface area contributed by atoms with Crippen molar-refractivity contribution in [3.8, 4) is 0 Å². The molecule has 1 aliphatic rings. The molecule has 2 atom stereocenters. The van der Waals surface area contributed by atoms with Gasteiger partial charge in [-0.25, -0.2) is 4.79 Å². The lowest BCUT2D eigenvalue weighted by Crippen LogP contribution is -2.51. The second-order valence-corrected chi connectivity index (χ2v) is 6.25. The number of rotatable bonds is 4. The third-order valence-electron chi connectivity index (χ3n) is 3.25. The van der Waals surface area contributed by atoms with E-state index >= 15 is 0 Å². The van der Waals surface area contributed by atoms with Gasteiger partial charge in [0.15, 0.2) is 0 Å². The molecule has 3 N–H and O–H groups in total. The zero-order valence-corrected chi connectivity index (χ0v) is 12.9. The molecule has 24 heavy (non-hydrogen) atoms. The van der Waals surface area contributed by atoms with Crippen molar-refractivity contribution < 1.29 is 32.7 Å². The summed E-state index contributed by atoms with van der Waals surface area (Å²) in [5, 5.41) is 12.4. The minimum absolute atomic E-state index is 0.0815. The molecule has 1 saturated heterocycles. The largest absolute Gasteiger partial charge is 0.480 e. The molecule has 2 rings (SSSR count). The van der Waals surface area contributed by atoms with E-state index in [0.29, 0.717) is 0 Å². The highest BCUT2D eigenvalue weighted by Gasteiger charge is 2.35. The molecule has 0 aromatic heterocycles. The summed E-state index contributed by atoms with van der Waals surface area (Å²) in [7, 11) is 0. The van der Waals surface area contributed by atoms with Crippen LogP contribution in [0.5, 0.6) is 0 Å². The molecule has 1 aromatic carbocycles. The van der Waals surface area contributed by atoms with Crippen molar-refractivity contribution in [1.29, 1.82) is 0 Å². The highest BCUT2D eigenvalue weighted by Crippen LogP contribution is 2.34. The number of carbonyl (C=O) groups excluding carboxylic acids is 2. The molecule has 0 spiro atoms. The number of halogens is 3. The number of carboxylic acid groups (broad SMARTS) is 1. The fourth-order valence-electron chi connectivity index (χ4n) is 2.09. The number of carboxylic acids is 1. The molecule has 6 nitrogen and oxygen atoms in total. The molecule has 0 radical (unpaired) electrons. The second-order valence-electron chi connectivity index (χ2n) is 5.02. The summed E-state index contributed by atoms with van der Waals surface area (Å²) in [6.45, 7) is 0. The van der Waals surface area contributed by atoms with Crippen molar-refractivity contribution in [2.24, 2.45) is 0 Å². The first kappa shape index (κ1) is 18.1. The molecular formula is C14H13F3N2O4S. The molecular weight excluding hydrogens is 349 g/mol. The predicted molar refractivity (Wildman–Crippen MR) is 80.5 cm³/mol. The normalized spacial score (nSPS) is 21.0. The van der Waals surface area contributed by atoms with Gasteiger partial charge in [-0.2, -0.15) is 13.2 Å². The van der Waals surface area contributed by atoms with Crippen LogP contribution >= 0.6 is 11.8 Å². The monoisotopic (exact) mass is 362 g/mol. The van der Waals surface area contributed by atoms with E-state index in [9.17, 15) is 27.6 Å². The number of nitrogens with one attached hydrogen (secondary N) is 2. The van der Waals surface area contributed by atoms with Gasteiger partial charge in [0.05, 0.1) is 16.5 Å². The molecule has 0 aliphatic carbocycles. The Balaban J connectivity index is 2.00. The van der Waals surface area contributed by atoms with E-state index in [1.54, 1.807) is 0 Å². The summed E-state index contributed by atoms with van der Waals surface area (Å²) in [4.78, 5) is 34.5. The Morgan fingerprint density at radius 2 is 2.00 bits per heavy atom. The molecule has 0 bridgehead atoms. The van der Waals surface area contributed by atoms with Crippen molar-refractivity contribution in [2.45, 2.75) is 23.9 Å². The van der Waals surface area contributed by atoms with Crippen LogP contribution in [0, 0.1) is 0 Å². The van der Waals surface area contributed by atoms with E-state index in [1.165, 1.54) is 12.1 Å². The Labute approximate surface area is 138 Å². The summed E-state index contributed by atoms with van der Waals surface area (Å²) in [6, 6.07) is 3.48. The SMILES string of the molecule is O=C(C[C@@H]1SC[C@@H](C(=O)O)NC1=O)Nc1ccccc1C(F)(F)F. The number of anilines is 1. The maximum absolute atomic E-state index is 12.9. The second kappa shape index (κ2) is 7.12. The van der Waals surface area contributed by atoms with Crippen LogP contribution in [0.3, 0.4) is 0 Å². The zero-order chi connectivity index (χ0) is 17.9. The van der Waals surface area contributed by atoms with Crippen LogP contribution < -0.4 is 10.6 Å². The van der Waals surface area contributed by atoms with Crippen LogP contribution in [-0.2, 0) is 20.6 Å². The molecule has 1 aromatic rings. The Bertz CT molecular complexity index is 666. The van der Waals surface area contributed by atoms with Gasteiger partial charge < -0.3 is 15.7 Å². The molecule has 2 amide bonds. The number of carbonyl (C=O) groups is 3. The minimum atomic E-state index is -4.62. The molecule has 0 unspecified atom stereocenters. The molecule has 0 saturated carbocycles. The quantitative estimate of drug-likeness (QED) is 0.758. The van der Waals surface area contributed by atoms with Crippen LogP contribution in [0.2, 0.25) is 0 Å².